The molecule has 0 saturated carbocycles. The van der Waals surface area contributed by atoms with Gasteiger partial charge < -0.3 is 0 Å². The zero-order chi connectivity index (χ0) is 10.7. The molecule has 0 spiro atoms. The number of pyridine rings is 1. The molecule has 1 atom stereocenters. The van der Waals surface area contributed by atoms with Crippen LogP contribution in [0.3, 0.4) is 0 Å². The van der Waals surface area contributed by atoms with Gasteiger partial charge in [0.05, 0.1) is 5.52 Å². The maximum atomic E-state index is 5.74. The molecule has 2 rings (SSSR count). The minimum absolute atomic E-state index is 0.437. The van der Waals surface area contributed by atoms with E-state index in [0.29, 0.717) is 11.8 Å². The average Bonchev–Trinajstić information content (AvgIpc) is 2.29. The van der Waals surface area contributed by atoms with Gasteiger partial charge in [-0.05, 0) is 24.5 Å². The third kappa shape index (κ3) is 2.29. The molecule has 0 radical (unpaired) electrons. The van der Waals surface area contributed by atoms with Gasteiger partial charge in [-0.1, -0.05) is 31.2 Å². The normalized spacial score (nSPS) is 12.9. The molecule has 2 heteroatoms. The molecule has 0 fully saturated rings. The Bertz CT molecular complexity index is 453. The molecule has 15 heavy (non-hydrogen) atoms. The number of nitrogens with zero attached hydrogens (tertiary/aromatic N) is 1. The highest BCUT2D eigenvalue weighted by Crippen LogP contribution is 2.20. The molecular formula is C13H14ClN. The zero-order valence-corrected chi connectivity index (χ0v) is 9.54. The van der Waals surface area contributed by atoms with Crippen LogP contribution in [0.2, 0.25) is 0 Å². The number of hydrogen-bond donors (Lipinski definition) is 0. The van der Waals surface area contributed by atoms with Crippen LogP contribution in [-0.2, 0) is 0 Å². The Hall–Kier alpha value is -1.08. The van der Waals surface area contributed by atoms with Gasteiger partial charge in [0.25, 0.3) is 0 Å². The molecule has 0 aliphatic heterocycles. The molecular weight excluding hydrogens is 206 g/mol. The molecule has 2 aromatic rings. The Kier molecular flexibility index (Phi) is 3.22. The Balaban J connectivity index is 2.38. The largest absolute Gasteiger partial charge is 0.253 e. The summed E-state index contributed by atoms with van der Waals surface area (Å²) < 4.78 is 0. The maximum Gasteiger partial charge on any atom is 0.0705 e. The molecule has 1 nitrogen and oxygen atoms in total. The lowest BCUT2D eigenvalue weighted by Gasteiger charge is -2.09. The van der Waals surface area contributed by atoms with Crippen LogP contribution in [0.15, 0.2) is 36.4 Å². The Labute approximate surface area is 95.1 Å². The van der Waals surface area contributed by atoms with E-state index >= 15 is 0 Å². The first-order chi connectivity index (χ1) is 7.31. The zero-order valence-electron chi connectivity index (χ0n) is 8.78. The van der Waals surface area contributed by atoms with Crippen molar-refractivity contribution in [2.24, 2.45) is 0 Å². The third-order valence-electron chi connectivity index (χ3n) is 2.67. The number of halogens is 1. The van der Waals surface area contributed by atoms with Crippen molar-refractivity contribution < 1.29 is 0 Å². The first kappa shape index (κ1) is 10.4. The second-order valence-corrected chi connectivity index (χ2v) is 4.19. The van der Waals surface area contributed by atoms with E-state index in [-0.39, 0.29) is 0 Å². The van der Waals surface area contributed by atoms with Crippen LogP contribution >= 0.6 is 11.6 Å². The summed E-state index contributed by atoms with van der Waals surface area (Å²) in [5, 5.41) is 1.19. The maximum absolute atomic E-state index is 5.74. The highest BCUT2D eigenvalue weighted by Gasteiger charge is 2.06. The summed E-state index contributed by atoms with van der Waals surface area (Å²) in [6, 6.07) is 12.4. The summed E-state index contributed by atoms with van der Waals surface area (Å²) in [6.45, 7) is 2.17. The molecule has 1 aromatic carbocycles. The van der Waals surface area contributed by atoms with E-state index < -0.39 is 0 Å². The van der Waals surface area contributed by atoms with Crippen LogP contribution in [0.25, 0.3) is 10.9 Å². The topological polar surface area (TPSA) is 12.9 Å². The van der Waals surface area contributed by atoms with E-state index in [0.717, 1.165) is 17.6 Å². The third-order valence-corrected chi connectivity index (χ3v) is 2.89. The fourth-order valence-electron chi connectivity index (χ4n) is 1.67. The molecule has 0 amide bonds. The highest BCUT2D eigenvalue weighted by molar-refractivity contribution is 6.17. The molecule has 78 valence electrons. The first-order valence-electron chi connectivity index (χ1n) is 5.23. The number of rotatable bonds is 3. The van der Waals surface area contributed by atoms with E-state index in [1.54, 1.807) is 0 Å². The van der Waals surface area contributed by atoms with Crippen LogP contribution in [0.5, 0.6) is 0 Å². The van der Waals surface area contributed by atoms with E-state index in [2.05, 4.69) is 30.1 Å². The number of hydrogen-bond acceptors (Lipinski definition) is 1. The molecule has 0 aliphatic rings. The Morgan fingerprint density at radius 3 is 2.80 bits per heavy atom. The Morgan fingerprint density at radius 2 is 2.00 bits per heavy atom. The van der Waals surface area contributed by atoms with Crippen molar-refractivity contribution in [2.45, 2.75) is 19.3 Å². The van der Waals surface area contributed by atoms with Gasteiger partial charge in [0.15, 0.2) is 0 Å². The van der Waals surface area contributed by atoms with Crippen LogP contribution in [0.4, 0.5) is 0 Å². The number of fused-ring (bicyclic) bond motifs is 1. The molecule has 0 N–H and O–H groups in total. The summed E-state index contributed by atoms with van der Waals surface area (Å²) in [7, 11) is 0. The smallest absolute Gasteiger partial charge is 0.0705 e. The van der Waals surface area contributed by atoms with Crippen molar-refractivity contribution in [3.8, 4) is 0 Å². The van der Waals surface area contributed by atoms with Crippen LogP contribution in [-0.4, -0.2) is 10.9 Å². The lowest BCUT2D eigenvalue weighted by molar-refractivity contribution is 0.716. The standard InChI is InChI=1S/C13H14ClN/c1-10(8-9-14)12-7-6-11-4-2-3-5-13(11)15-12/h2-7,10H,8-9H2,1H3. The predicted molar refractivity (Wildman–Crippen MR) is 65.5 cm³/mol. The van der Waals surface area contributed by atoms with Crippen molar-refractivity contribution in [1.29, 1.82) is 0 Å². The van der Waals surface area contributed by atoms with E-state index in [4.69, 9.17) is 11.6 Å². The van der Waals surface area contributed by atoms with Crippen LogP contribution < -0.4 is 0 Å². The molecule has 0 saturated heterocycles. The molecule has 0 bridgehead atoms. The number of para-hydroxylation sites is 1. The van der Waals surface area contributed by atoms with Crippen LogP contribution in [0, 0.1) is 0 Å². The number of benzene rings is 1. The SMILES string of the molecule is CC(CCCl)c1ccc2ccccc2n1. The Morgan fingerprint density at radius 1 is 1.20 bits per heavy atom. The van der Waals surface area contributed by atoms with Crippen molar-refractivity contribution in [3.05, 3.63) is 42.1 Å². The van der Waals surface area contributed by atoms with Gasteiger partial charge in [0.2, 0.25) is 0 Å². The van der Waals surface area contributed by atoms with Crippen molar-refractivity contribution in [3.63, 3.8) is 0 Å². The summed E-state index contributed by atoms with van der Waals surface area (Å²) in [6.07, 6.45) is 0.979. The van der Waals surface area contributed by atoms with Crippen molar-refractivity contribution >= 4 is 22.5 Å². The first-order valence-corrected chi connectivity index (χ1v) is 5.76. The van der Waals surface area contributed by atoms with Gasteiger partial charge in [0, 0.05) is 17.0 Å². The fraction of sp³-hybridized carbons (Fsp3) is 0.308. The van der Waals surface area contributed by atoms with Crippen LogP contribution in [0.1, 0.15) is 25.0 Å². The number of alkyl halides is 1. The van der Waals surface area contributed by atoms with E-state index in [1.807, 2.05) is 18.2 Å². The van der Waals surface area contributed by atoms with E-state index in [1.165, 1.54) is 5.39 Å². The van der Waals surface area contributed by atoms with Gasteiger partial charge in [-0.3, -0.25) is 4.98 Å². The van der Waals surface area contributed by atoms with E-state index in [9.17, 15) is 0 Å². The van der Waals surface area contributed by atoms with Gasteiger partial charge in [-0.25, -0.2) is 0 Å². The monoisotopic (exact) mass is 219 g/mol. The predicted octanol–water partition coefficient (Wildman–Crippen LogP) is 3.97. The summed E-state index contributed by atoms with van der Waals surface area (Å²) in [4.78, 5) is 4.64. The van der Waals surface area contributed by atoms with Gasteiger partial charge in [0.1, 0.15) is 0 Å². The van der Waals surface area contributed by atoms with Crippen molar-refractivity contribution in [2.75, 3.05) is 5.88 Å². The summed E-state index contributed by atoms with van der Waals surface area (Å²) in [5.41, 5.74) is 2.20. The lowest BCUT2D eigenvalue weighted by atomic mass is 10.0. The molecule has 1 heterocycles. The van der Waals surface area contributed by atoms with Crippen molar-refractivity contribution in [1.82, 2.24) is 4.98 Å². The summed E-state index contributed by atoms with van der Waals surface area (Å²) in [5.74, 6) is 1.13. The quantitative estimate of drug-likeness (QED) is 0.712. The minimum Gasteiger partial charge on any atom is -0.253 e. The van der Waals surface area contributed by atoms with Gasteiger partial charge in [-0.15, -0.1) is 11.6 Å². The number of aromatic nitrogens is 1. The molecule has 0 aliphatic carbocycles. The minimum atomic E-state index is 0.437. The van der Waals surface area contributed by atoms with Gasteiger partial charge >= 0.3 is 0 Å². The highest BCUT2D eigenvalue weighted by atomic mass is 35.5. The lowest BCUT2D eigenvalue weighted by Crippen LogP contribution is -1.97. The van der Waals surface area contributed by atoms with Gasteiger partial charge in [-0.2, -0.15) is 0 Å². The average molecular weight is 220 g/mol. The fourth-order valence-corrected chi connectivity index (χ4v) is 2.00. The second-order valence-electron chi connectivity index (χ2n) is 3.81. The molecule has 1 aromatic heterocycles. The molecule has 1 unspecified atom stereocenters. The second kappa shape index (κ2) is 4.63. The summed E-state index contributed by atoms with van der Waals surface area (Å²) >= 11 is 5.74.